The fourth-order valence-electron chi connectivity index (χ4n) is 4.62. The van der Waals surface area contributed by atoms with E-state index in [1.54, 1.807) is 21.3 Å². The highest BCUT2D eigenvalue weighted by molar-refractivity contribution is 5.27. The van der Waals surface area contributed by atoms with Gasteiger partial charge in [-0.25, -0.2) is 0 Å². The molecule has 6 atom stereocenters. The first-order chi connectivity index (χ1) is 16.8. The number of rotatable bonds is 9. The summed E-state index contributed by atoms with van der Waals surface area (Å²) >= 11 is 0. The monoisotopic (exact) mass is 484 g/mol. The van der Waals surface area contributed by atoms with Crippen LogP contribution < -0.4 is 4.74 Å². The molecular weight excluding hydrogens is 448 g/mol. The minimum Gasteiger partial charge on any atom is -0.497 e. The zero-order valence-corrected chi connectivity index (χ0v) is 21.2. The van der Waals surface area contributed by atoms with Gasteiger partial charge in [-0.2, -0.15) is 0 Å². The molecule has 1 aliphatic heterocycles. The van der Waals surface area contributed by atoms with E-state index < -0.39 is 29.9 Å². The Kier molecular flexibility index (Phi) is 7.96. The van der Waals surface area contributed by atoms with Crippen LogP contribution in [-0.4, -0.2) is 57.3 Å². The molecule has 0 radical (unpaired) electrons. The molecule has 2 aromatic carbocycles. The average molecular weight is 485 g/mol. The molecule has 7 nitrogen and oxygen atoms in total. The van der Waals surface area contributed by atoms with E-state index in [-0.39, 0.29) is 6.10 Å². The molecule has 7 heteroatoms. The van der Waals surface area contributed by atoms with Crippen molar-refractivity contribution in [2.45, 2.75) is 69.5 Å². The minimum atomic E-state index is -1.16. The summed E-state index contributed by atoms with van der Waals surface area (Å²) in [5, 5.41) is 0. The number of benzene rings is 2. The van der Waals surface area contributed by atoms with Crippen LogP contribution in [0.25, 0.3) is 0 Å². The third-order valence-corrected chi connectivity index (χ3v) is 7.08. The molecule has 0 amide bonds. The Morgan fingerprint density at radius 1 is 0.829 bits per heavy atom. The largest absolute Gasteiger partial charge is 0.497 e. The van der Waals surface area contributed by atoms with Crippen LogP contribution in [0.5, 0.6) is 5.75 Å². The van der Waals surface area contributed by atoms with Gasteiger partial charge in [-0.1, -0.05) is 49.0 Å². The maximum atomic E-state index is 6.57. The van der Waals surface area contributed by atoms with E-state index in [1.165, 1.54) is 0 Å². The molecular formula is C28H36O7. The molecule has 0 N–H and O–H groups in total. The molecule has 35 heavy (non-hydrogen) atoms. The van der Waals surface area contributed by atoms with Crippen LogP contribution >= 0.6 is 0 Å². The van der Waals surface area contributed by atoms with Gasteiger partial charge in [-0.3, -0.25) is 0 Å². The predicted molar refractivity (Wildman–Crippen MR) is 131 cm³/mol. The van der Waals surface area contributed by atoms with E-state index in [1.807, 2.05) is 68.4 Å². The number of hydrogen-bond acceptors (Lipinski definition) is 7. The van der Waals surface area contributed by atoms with Crippen molar-refractivity contribution in [3.8, 4) is 5.75 Å². The van der Waals surface area contributed by atoms with Crippen LogP contribution in [0.2, 0.25) is 0 Å². The van der Waals surface area contributed by atoms with Gasteiger partial charge in [0.1, 0.15) is 24.1 Å². The minimum absolute atomic E-state index is 0.279. The average Bonchev–Trinajstić information content (AvgIpc) is 2.89. The smallest absolute Gasteiger partial charge is 0.220 e. The molecule has 1 heterocycles. The summed E-state index contributed by atoms with van der Waals surface area (Å²) in [6.45, 7) is 8.75. The lowest BCUT2D eigenvalue weighted by atomic mass is 9.83. The van der Waals surface area contributed by atoms with Gasteiger partial charge in [0.25, 0.3) is 0 Å². The molecule has 1 aliphatic carbocycles. The summed E-state index contributed by atoms with van der Waals surface area (Å²) in [7, 11) is 4.81. The highest BCUT2D eigenvalue weighted by Crippen LogP contribution is 2.46. The van der Waals surface area contributed by atoms with Crippen LogP contribution in [0.4, 0.5) is 0 Å². The van der Waals surface area contributed by atoms with E-state index in [0.29, 0.717) is 19.6 Å². The van der Waals surface area contributed by atoms with Crippen molar-refractivity contribution in [1.29, 1.82) is 0 Å². The van der Waals surface area contributed by atoms with Crippen LogP contribution in [0.1, 0.15) is 31.4 Å². The summed E-state index contributed by atoms with van der Waals surface area (Å²) in [6, 6.07) is 17.9. The Morgan fingerprint density at radius 2 is 1.43 bits per heavy atom. The van der Waals surface area contributed by atoms with E-state index in [9.17, 15) is 0 Å². The van der Waals surface area contributed by atoms with Crippen molar-refractivity contribution >= 4 is 0 Å². The molecule has 0 aromatic heterocycles. The number of methoxy groups -OCH3 is 3. The molecule has 2 aliphatic rings. The molecule has 0 unspecified atom stereocenters. The Labute approximate surface area is 207 Å². The standard InChI is InChI=1S/C28H36O7/c1-19-16-23(32-17-20-10-8-7-9-11-20)25(33-18-21-12-14-22(29-4)15-13-21)26-24(19)34-27(2,30-5)28(3,31-6)35-26/h7-15,23-26H,1,16-18H2,2-6H3/t23-,24+,25+,26-,27-,28-/m0/s1. The molecule has 2 aromatic rings. The Hall–Kier alpha value is -2.26. The lowest BCUT2D eigenvalue weighted by Crippen LogP contribution is -2.70. The van der Waals surface area contributed by atoms with Crippen molar-refractivity contribution in [3.63, 3.8) is 0 Å². The highest BCUT2D eigenvalue weighted by Gasteiger charge is 2.61. The maximum Gasteiger partial charge on any atom is 0.220 e. The van der Waals surface area contributed by atoms with E-state index >= 15 is 0 Å². The lowest BCUT2D eigenvalue weighted by molar-refractivity contribution is -0.455. The summed E-state index contributed by atoms with van der Waals surface area (Å²) < 4.78 is 42.6. The second kappa shape index (κ2) is 10.8. The molecule has 0 bridgehead atoms. The van der Waals surface area contributed by atoms with Gasteiger partial charge in [-0.15, -0.1) is 0 Å². The summed E-state index contributed by atoms with van der Waals surface area (Å²) in [5.74, 6) is -1.48. The zero-order valence-electron chi connectivity index (χ0n) is 21.2. The highest BCUT2D eigenvalue weighted by atomic mass is 16.8. The summed E-state index contributed by atoms with van der Waals surface area (Å²) in [4.78, 5) is 0. The van der Waals surface area contributed by atoms with Gasteiger partial charge < -0.3 is 33.2 Å². The maximum absolute atomic E-state index is 6.57. The van der Waals surface area contributed by atoms with Crippen LogP contribution in [0, 0.1) is 0 Å². The van der Waals surface area contributed by atoms with Crippen LogP contribution in [0.15, 0.2) is 66.7 Å². The molecule has 0 spiro atoms. The first-order valence-electron chi connectivity index (χ1n) is 11.9. The van der Waals surface area contributed by atoms with Crippen molar-refractivity contribution < 1.29 is 33.2 Å². The molecule has 1 saturated heterocycles. The Morgan fingerprint density at radius 3 is 2.06 bits per heavy atom. The van der Waals surface area contributed by atoms with Crippen molar-refractivity contribution in [2.24, 2.45) is 0 Å². The Balaban J connectivity index is 1.58. The number of fused-ring (bicyclic) bond motifs is 1. The molecule has 190 valence electrons. The molecule has 2 fully saturated rings. The van der Waals surface area contributed by atoms with Crippen LogP contribution in [-0.2, 0) is 41.6 Å². The first-order valence-corrected chi connectivity index (χ1v) is 11.9. The van der Waals surface area contributed by atoms with Crippen molar-refractivity contribution in [3.05, 3.63) is 77.9 Å². The van der Waals surface area contributed by atoms with E-state index in [2.05, 4.69) is 6.58 Å². The number of ether oxygens (including phenoxy) is 7. The summed E-state index contributed by atoms with van der Waals surface area (Å²) in [5.41, 5.74) is 2.98. The van der Waals surface area contributed by atoms with E-state index in [0.717, 1.165) is 22.4 Å². The zero-order chi connectivity index (χ0) is 25.1. The molecule has 4 rings (SSSR count). The van der Waals surface area contributed by atoms with Gasteiger partial charge in [-0.05, 0) is 49.1 Å². The van der Waals surface area contributed by atoms with Gasteiger partial charge in [0.05, 0.1) is 26.4 Å². The van der Waals surface area contributed by atoms with Crippen LogP contribution in [0.3, 0.4) is 0 Å². The second-order valence-corrected chi connectivity index (χ2v) is 9.24. The third kappa shape index (κ3) is 5.31. The quantitative estimate of drug-likeness (QED) is 0.481. The number of hydrogen-bond donors (Lipinski definition) is 0. The predicted octanol–water partition coefficient (Wildman–Crippen LogP) is 4.63. The van der Waals surface area contributed by atoms with Crippen molar-refractivity contribution in [2.75, 3.05) is 21.3 Å². The first kappa shape index (κ1) is 25.8. The normalized spacial score (nSPS) is 32.8. The van der Waals surface area contributed by atoms with Gasteiger partial charge in [0.15, 0.2) is 0 Å². The fourth-order valence-corrected chi connectivity index (χ4v) is 4.62. The topological polar surface area (TPSA) is 64.6 Å². The lowest BCUT2D eigenvalue weighted by Gasteiger charge is -2.56. The molecule has 1 saturated carbocycles. The Bertz CT molecular complexity index is 979. The third-order valence-electron chi connectivity index (χ3n) is 7.08. The summed E-state index contributed by atoms with van der Waals surface area (Å²) in [6.07, 6.45) is -1.05. The SMILES string of the molecule is C=C1C[C@H](OCc2ccccc2)[C@@H](OCc2ccc(OC)cc2)[C@H]2O[C@](C)(OC)[C@@](C)(OC)O[C@H]12. The second-order valence-electron chi connectivity index (χ2n) is 9.24. The van der Waals surface area contributed by atoms with Crippen molar-refractivity contribution in [1.82, 2.24) is 0 Å². The fraction of sp³-hybridized carbons (Fsp3) is 0.500. The van der Waals surface area contributed by atoms with E-state index in [4.69, 9.17) is 33.2 Å². The van der Waals surface area contributed by atoms with Gasteiger partial charge >= 0.3 is 0 Å². The van der Waals surface area contributed by atoms with Gasteiger partial charge in [0.2, 0.25) is 11.6 Å². The van der Waals surface area contributed by atoms with Gasteiger partial charge in [0, 0.05) is 14.2 Å².